The van der Waals surface area contributed by atoms with Crippen LogP contribution in [0.3, 0.4) is 0 Å². The van der Waals surface area contributed by atoms with Crippen LogP contribution in [0.25, 0.3) is 22.3 Å². The molecule has 2 aromatic carbocycles. The normalized spacial score (nSPS) is 14.1. The number of benzene rings is 2. The highest BCUT2D eigenvalue weighted by molar-refractivity contribution is 5.90. The van der Waals surface area contributed by atoms with Crippen molar-refractivity contribution in [2.45, 2.75) is 12.2 Å². The predicted octanol–water partition coefficient (Wildman–Crippen LogP) is 4.61. The molecule has 2 heterocycles. The van der Waals surface area contributed by atoms with E-state index < -0.39 is 17.6 Å². The first-order valence-electron chi connectivity index (χ1n) is 9.32. The van der Waals surface area contributed by atoms with E-state index in [4.69, 9.17) is 0 Å². The van der Waals surface area contributed by atoms with Crippen LogP contribution >= 0.6 is 0 Å². The molecule has 9 heteroatoms. The lowest BCUT2D eigenvalue weighted by Gasteiger charge is -2.41. The Balaban J connectivity index is 1.62. The summed E-state index contributed by atoms with van der Waals surface area (Å²) in [6, 6.07) is 11.7. The Hall–Kier alpha value is -3.71. The number of likely N-dealkylation sites (tertiary alicyclic amines) is 1. The first-order valence-corrected chi connectivity index (χ1v) is 9.32. The Morgan fingerprint density at radius 1 is 1.10 bits per heavy atom. The molecule has 0 bridgehead atoms. The Bertz CT molecular complexity index is 1190. The highest BCUT2D eigenvalue weighted by Crippen LogP contribution is 2.32. The lowest BCUT2D eigenvalue weighted by molar-refractivity contribution is -0.137. The highest BCUT2D eigenvalue weighted by Gasteiger charge is 2.32. The smallest absolute Gasteiger partial charge is 0.363 e. The monoisotopic (exact) mass is 428 g/mol. The largest absolute Gasteiger partial charge is 0.416 e. The minimum absolute atomic E-state index is 0.124. The van der Waals surface area contributed by atoms with Crippen molar-refractivity contribution in [3.05, 3.63) is 72.2 Å². The van der Waals surface area contributed by atoms with Crippen molar-refractivity contribution in [2.75, 3.05) is 18.4 Å². The van der Waals surface area contributed by atoms with Gasteiger partial charge in [0.2, 0.25) is 0 Å². The van der Waals surface area contributed by atoms with E-state index >= 15 is 0 Å². The zero-order valence-corrected chi connectivity index (χ0v) is 16.1. The van der Waals surface area contributed by atoms with E-state index in [1.807, 2.05) is 12.1 Å². The summed E-state index contributed by atoms with van der Waals surface area (Å²) in [6.07, 6.45) is -4.43. The Morgan fingerprint density at radius 2 is 1.77 bits per heavy atom. The zero-order valence-electron chi connectivity index (χ0n) is 16.1. The summed E-state index contributed by atoms with van der Waals surface area (Å²) in [7, 11) is 0. The maximum Gasteiger partial charge on any atom is 0.416 e. The Labute approximate surface area is 174 Å². The quantitative estimate of drug-likeness (QED) is 0.365. The number of carbonyl (C=O) groups excluding carboxylic acids is 1. The molecule has 1 saturated heterocycles. The number of para-hydroxylation sites is 1. The minimum atomic E-state index is -4.43. The van der Waals surface area contributed by atoms with Gasteiger partial charge in [-0.2, -0.15) is 13.2 Å². The maximum absolute atomic E-state index is 13.3. The van der Waals surface area contributed by atoms with E-state index in [2.05, 4.69) is 21.9 Å². The van der Waals surface area contributed by atoms with Crippen LogP contribution in [0, 0.1) is 0 Å². The molecule has 1 aliphatic heterocycles. The number of rotatable bonds is 5. The van der Waals surface area contributed by atoms with Crippen LogP contribution in [-0.2, 0) is 11.0 Å². The second-order valence-electron chi connectivity index (χ2n) is 7.09. The number of hydrogen-bond donors (Lipinski definition) is 1. The van der Waals surface area contributed by atoms with Crippen molar-refractivity contribution in [2.24, 2.45) is 0 Å². The molecule has 1 aliphatic rings. The van der Waals surface area contributed by atoms with Gasteiger partial charge < -0.3 is 10.2 Å². The van der Waals surface area contributed by atoms with Crippen LogP contribution in [0.4, 0.5) is 23.4 Å². The predicted molar refractivity (Wildman–Crippen MR) is 108 cm³/mol. The van der Waals surface area contributed by atoms with Crippen LogP contribution in [0.5, 0.6) is 0 Å². The molecule has 0 unspecified atom stereocenters. The van der Waals surface area contributed by atoms with E-state index in [-0.39, 0.29) is 17.6 Å². The fourth-order valence-corrected chi connectivity index (χ4v) is 3.36. The molecule has 158 valence electrons. The summed E-state index contributed by atoms with van der Waals surface area (Å²) in [5.41, 5.74) is 0.100. The number of fused-ring (bicyclic) bond motifs is 1. The number of hydrogen-bond acceptors (Lipinski definition) is 5. The van der Waals surface area contributed by atoms with Crippen LogP contribution < -0.4 is 5.32 Å². The number of alkyl halides is 3. The molecular formula is C22H16F4N4O. The summed E-state index contributed by atoms with van der Waals surface area (Å²) in [4.78, 5) is 21.4. The number of aromatic nitrogens is 2. The molecule has 0 spiro atoms. The van der Waals surface area contributed by atoms with Gasteiger partial charge in [0.15, 0.2) is 23.3 Å². The summed E-state index contributed by atoms with van der Waals surface area (Å²) in [5, 5.41) is 3.98. The molecule has 0 amide bonds. The first-order chi connectivity index (χ1) is 14.8. The fraction of sp³-hybridized carbons (Fsp3) is 0.182. The molecule has 3 aromatic rings. The van der Waals surface area contributed by atoms with Gasteiger partial charge in [0.25, 0.3) is 0 Å². The third kappa shape index (κ3) is 4.13. The molecule has 0 radical (unpaired) electrons. The van der Waals surface area contributed by atoms with E-state index in [1.54, 1.807) is 18.1 Å². The summed E-state index contributed by atoms with van der Waals surface area (Å²) in [5.74, 6) is 1.48. The topological polar surface area (TPSA) is 58.1 Å². The molecule has 1 aromatic heterocycles. The van der Waals surface area contributed by atoms with E-state index in [0.29, 0.717) is 30.0 Å². The molecular weight excluding hydrogens is 412 g/mol. The Kier molecular flexibility index (Phi) is 5.20. The van der Waals surface area contributed by atoms with Gasteiger partial charge in [-0.3, -0.25) is 0 Å². The summed E-state index contributed by atoms with van der Waals surface area (Å²) < 4.78 is 51.8. The molecule has 5 nitrogen and oxygen atoms in total. The average Bonchev–Trinajstić information content (AvgIpc) is 2.71. The van der Waals surface area contributed by atoms with Gasteiger partial charge in [0, 0.05) is 24.0 Å². The number of anilines is 1. The highest BCUT2D eigenvalue weighted by atomic mass is 19.4. The molecule has 1 N–H and O–H groups in total. The van der Waals surface area contributed by atoms with E-state index in [9.17, 15) is 22.4 Å². The van der Waals surface area contributed by atoms with E-state index in [0.717, 1.165) is 17.5 Å². The van der Waals surface area contributed by atoms with Gasteiger partial charge in [0.1, 0.15) is 5.82 Å². The van der Waals surface area contributed by atoms with Crippen molar-refractivity contribution in [3.63, 3.8) is 0 Å². The standard InChI is InChI=1S/C22H16F4N4O/c1-13(23)19(12-31)30-10-16(11-30)27-21-17-4-2-3-5-18(17)28-20(29-21)14-6-8-15(9-7-14)22(24,25)26/h2-9,16H,1,10-11H2,(H,27,28,29). The van der Waals surface area contributed by atoms with Gasteiger partial charge in [-0.1, -0.05) is 30.8 Å². The van der Waals surface area contributed by atoms with Crippen molar-refractivity contribution < 1.29 is 22.4 Å². The second kappa shape index (κ2) is 7.85. The minimum Gasteiger partial charge on any atom is -0.363 e. The molecule has 0 atom stereocenters. The molecule has 4 rings (SSSR count). The van der Waals surface area contributed by atoms with Crippen LogP contribution in [0.1, 0.15) is 5.56 Å². The van der Waals surface area contributed by atoms with Gasteiger partial charge in [0.05, 0.1) is 17.1 Å². The molecule has 0 aliphatic carbocycles. The van der Waals surface area contributed by atoms with E-state index in [1.165, 1.54) is 17.0 Å². The number of nitrogens with zero attached hydrogens (tertiary/aromatic N) is 3. The number of halogens is 4. The van der Waals surface area contributed by atoms with Crippen molar-refractivity contribution in [1.29, 1.82) is 0 Å². The molecule has 31 heavy (non-hydrogen) atoms. The fourth-order valence-electron chi connectivity index (χ4n) is 3.36. The van der Waals surface area contributed by atoms with Gasteiger partial charge in [-0.25, -0.2) is 19.2 Å². The SMILES string of the molecule is C=C(F)C(=C=O)N1CC(Nc2nc(-c3ccc(C(F)(F)F)cc3)nc3ccccc23)C1. The number of allylic oxidation sites excluding steroid dienone is 1. The van der Waals surface area contributed by atoms with Gasteiger partial charge in [-0.15, -0.1) is 0 Å². The summed E-state index contributed by atoms with van der Waals surface area (Å²) in [6.45, 7) is 3.82. The third-order valence-corrected chi connectivity index (χ3v) is 4.97. The van der Waals surface area contributed by atoms with Gasteiger partial charge >= 0.3 is 6.18 Å². The van der Waals surface area contributed by atoms with Crippen molar-refractivity contribution in [3.8, 4) is 11.4 Å². The van der Waals surface area contributed by atoms with Crippen LogP contribution in [0.15, 0.2) is 66.6 Å². The average molecular weight is 428 g/mol. The molecule has 0 saturated carbocycles. The van der Waals surface area contributed by atoms with Crippen molar-refractivity contribution >= 4 is 22.7 Å². The van der Waals surface area contributed by atoms with Crippen LogP contribution in [-0.4, -0.2) is 39.9 Å². The van der Waals surface area contributed by atoms with Gasteiger partial charge in [-0.05, 0) is 24.3 Å². The summed E-state index contributed by atoms with van der Waals surface area (Å²) >= 11 is 0. The van der Waals surface area contributed by atoms with Crippen LogP contribution in [0.2, 0.25) is 0 Å². The second-order valence-corrected chi connectivity index (χ2v) is 7.09. The maximum atomic E-state index is 13.3. The van der Waals surface area contributed by atoms with Crippen molar-refractivity contribution in [1.82, 2.24) is 14.9 Å². The number of nitrogens with one attached hydrogen (secondary N) is 1. The first kappa shape index (κ1) is 20.6. The molecule has 1 fully saturated rings. The third-order valence-electron chi connectivity index (χ3n) is 4.97. The zero-order chi connectivity index (χ0) is 22.2. The Morgan fingerprint density at radius 3 is 2.39 bits per heavy atom. The lowest BCUT2D eigenvalue weighted by Crippen LogP contribution is -2.54. The lowest BCUT2D eigenvalue weighted by atomic mass is 10.1.